The average Bonchev–Trinajstić information content (AvgIpc) is 2.45. The van der Waals surface area contributed by atoms with E-state index in [1.807, 2.05) is 31.2 Å². The van der Waals surface area contributed by atoms with Crippen molar-refractivity contribution in [2.45, 2.75) is 13.5 Å². The van der Waals surface area contributed by atoms with E-state index in [0.717, 1.165) is 17.1 Å². The first-order valence-corrected chi connectivity index (χ1v) is 6.32. The van der Waals surface area contributed by atoms with E-state index in [2.05, 4.69) is 10.3 Å². The summed E-state index contributed by atoms with van der Waals surface area (Å²) >= 11 is 0. The summed E-state index contributed by atoms with van der Waals surface area (Å²) in [5, 5.41) is 3.26. The van der Waals surface area contributed by atoms with Crippen molar-refractivity contribution in [3.63, 3.8) is 0 Å². The van der Waals surface area contributed by atoms with E-state index in [-0.39, 0.29) is 0 Å². The normalized spacial score (nSPS) is 10.2. The number of rotatable bonds is 5. The van der Waals surface area contributed by atoms with Gasteiger partial charge in [-0.2, -0.15) is 0 Å². The lowest BCUT2D eigenvalue weighted by atomic mass is 10.2. The maximum absolute atomic E-state index is 6.00. The lowest BCUT2D eigenvalue weighted by molar-refractivity contribution is 0.355. The minimum absolute atomic E-state index is 0.599. The van der Waals surface area contributed by atoms with Gasteiger partial charge in [0.2, 0.25) is 0 Å². The number of nitrogens with one attached hydrogen (secondary N) is 1. The van der Waals surface area contributed by atoms with E-state index >= 15 is 0 Å². The molecule has 0 amide bonds. The first-order valence-electron chi connectivity index (χ1n) is 6.32. The molecule has 106 valence electrons. The Labute approximate surface area is 118 Å². The Hall–Kier alpha value is -2.43. The molecule has 0 atom stereocenters. The topological polar surface area (TPSA) is 69.4 Å². The number of hydrogen-bond donors (Lipinski definition) is 2. The highest BCUT2D eigenvalue weighted by Gasteiger charge is 2.09. The second-order valence-electron chi connectivity index (χ2n) is 4.42. The van der Waals surface area contributed by atoms with E-state index in [1.165, 1.54) is 0 Å². The summed E-state index contributed by atoms with van der Waals surface area (Å²) in [6.45, 7) is 2.57. The average molecular weight is 273 g/mol. The van der Waals surface area contributed by atoms with Crippen molar-refractivity contribution in [3.05, 3.63) is 41.7 Å². The molecule has 0 saturated heterocycles. The molecule has 3 N–H and O–H groups in total. The van der Waals surface area contributed by atoms with Gasteiger partial charge >= 0.3 is 0 Å². The van der Waals surface area contributed by atoms with Crippen molar-refractivity contribution in [1.29, 1.82) is 0 Å². The molecule has 2 aromatic rings. The summed E-state index contributed by atoms with van der Waals surface area (Å²) in [5.74, 6) is 1.26. The van der Waals surface area contributed by atoms with Crippen LogP contribution in [0.5, 0.6) is 11.5 Å². The SMILES string of the molecule is COc1cc(N)c(NCc2cccc(C)n2)cc1OC. The number of nitrogen functional groups attached to an aromatic ring is 1. The van der Waals surface area contributed by atoms with Crippen LogP contribution < -0.4 is 20.5 Å². The number of nitrogens with zero attached hydrogens (tertiary/aromatic N) is 1. The molecule has 5 heteroatoms. The zero-order valence-corrected chi connectivity index (χ0v) is 11.9. The third-order valence-corrected chi connectivity index (χ3v) is 2.96. The minimum atomic E-state index is 0.599. The Bertz CT molecular complexity index is 600. The highest BCUT2D eigenvalue weighted by atomic mass is 16.5. The van der Waals surface area contributed by atoms with E-state index in [9.17, 15) is 0 Å². The molecule has 1 heterocycles. The van der Waals surface area contributed by atoms with Crippen molar-refractivity contribution < 1.29 is 9.47 Å². The predicted octanol–water partition coefficient (Wildman–Crippen LogP) is 2.60. The maximum atomic E-state index is 6.00. The summed E-state index contributed by atoms with van der Waals surface area (Å²) in [5.41, 5.74) is 9.35. The van der Waals surface area contributed by atoms with Gasteiger partial charge in [-0.25, -0.2) is 0 Å². The quantitative estimate of drug-likeness (QED) is 0.819. The van der Waals surface area contributed by atoms with Gasteiger partial charge in [0.05, 0.1) is 37.8 Å². The van der Waals surface area contributed by atoms with Crippen molar-refractivity contribution >= 4 is 11.4 Å². The summed E-state index contributed by atoms with van der Waals surface area (Å²) in [7, 11) is 3.18. The van der Waals surface area contributed by atoms with Gasteiger partial charge in [0, 0.05) is 17.8 Å². The highest BCUT2D eigenvalue weighted by molar-refractivity contribution is 5.72. The molecule has 1 aromatic carbocycles. The summed E-state index contributed by atoms with van der Waals surface area (Å²) < 4.78 is 10.5. The van der Waals surface area contributed by atoms with Gasteiger partial charge in [0.1, 0.15) is 0 Å². The third kappa shape index (κ3) is 3.12. The fourth-order valence-corrected chi connectivity index (χ4v) is 1.93. The van der Waals surface area contributed by atoms with E-state index in [4.69, 9.17) is 15.2 Å². The molecule has 5 nitrogen and oxygen atoms in total. The lowest BCUT2D eigenvalue weighted by Gasteiger charge is -2.14. The van der Waals surface area contributed by atoms with Crippen molar-refractivity contribution in [2.75, 3.05) is 25.3 Å². The van der Waals surface area contributed by atoms with Crippen LogP contribution in [0.15, 0.2) is 30.3 Å². The molecule has 20 heavy (non-hydrogen) atoms. The van der Waals surface area contributed by atoms with Crippen LogP contribution in [0.1, 0.15) is 11.4 Å². The number of aryl methyl sites for hydroxylation is 1. The van der Waals surface area contributed by atoms with Gasteiger partial charge in [-0.05, 0) is 19.1 Å². The number of pyridine rings is 1. The van der Waals surface area contributed by atoms with Crippen molar-refractivity contribution in [3.8, 4) is 11.5 Å². The molecule has 0 aliphatic carbocycles. The summed E-state index contributed by atoms with van der Waals surface area (Å²) in [4.78, 5) is 4.43. The molecule has 0 aliphatic heterocycles. The molecular weight excluding hydrogens is 254 g/mol. The fourth-order valence-electron chi connectivity index (χ4n) is 1.93. The lowest BCUT2D eigenvalue weighted by Crippen LogP contribution is -2.05. The Kier molecular flexibility index (Phi) is 4.30. The highest BCUT2D eigenvalue weighted by Crippen LogP contribution is 2.34. The smallest absolute Gasteiger partial charge is 0.162 e. The Morgan fingerprint density at radius 2 is 1.85 bits per heavy atom. The fraction of sp³-hybridized carbons (Fsp3) is 0.267. The third-order valence-electron chi connectivity index (χ3n) is 2.96. The number of hydrogen-bond acceptors (Lipinski definition) is 5. The Balaban J connectivity index is 2.17. The molecule has 0 spiro atoms. The molecule has 0 bridgehead atoms. The monoisotopic (exact) mass is 273 g/mol. The van der Waals surface area contributed by atoms with Gasteiger partial charge in [-0.3, -0.25) is 4.98 Å². The van der Waals surface area contributed by atoms with Gasteiger partial charge in [-0.1, -0.05) is 6.07 Å². The summed E-state index contributed by atoms with van der Waals surface area (Å²) in [6.07, 6.45) is 0. The predicted molar refractivity (Wildman–Crippen MR) is 80.3 cm³/mol. The second-order valence-corrected chi connectivity index (χ2v) is 4.42. The number of anilines is 2. The number of benzene rings is 1. The van der Waals surface area contributed by atoms with Crippen LogP contribution in [0.3, 0.4) is 0 Å². The molecular formula is C15H19N3O2. The van der Waals surface area contributed by atoms with Crippen LogP contribution in [0.25, 0.3) is 0 Å². The van der Waals surface area contributed by atoms with E-state index in [1.54, 1.807) is 20.3 Å². The zero-order chi connectivity index (χ0) is 14.5. The Morgan fingerprint density at radius 3 is 2.50 bits per heavy atom. The standard InChI is InChI=1S/C15H19N3O2/c1-10-5-4-6-11(18-10)9-17-13-8-15(20-3)14(19-2)7-12(13)16/h4-8,17H,9,16H2,1-3H3. The van der Waals surface area contributed by atoms with Crippen LogP contribution in [0.2, 0.25) is 0 Å². The van der Waals surface area contributed by atoms with Gasteiger partial charge in [0.25, 0.3) is 0 Å². The van der Waals surface area contributed by atoms with Crippen molar-refractivity contribution in [2.24, 2.45) is 0 Å². The van der Waals surface area contributed by atoms with Gasteiger partial charge in [0.15, 0.2) is 11.5 Å². The largest absolute Gasteiger partial charge is 0.493 e. The Morgan fingerprint density at radius 1 is 1.15 bits per heavy atom. The zero-order valence-electron chi connectivity index (χ0n) is 11.9. The molecule has 1 aromatic heterocycles. The first-order chi connectivity index (χ1) is 9.63. The number of aromatic nitrogens is 1. The molecule has 0 fully saturated rings. The van der Waals surface area contributed by atoms with E-state index < -0.39 is 0 Å². The number of ether oxygens (including phenoxy) is 2. The second kappa shape index (κ2) is 6.14. The number of nitrogens with two attached hydrogens (primary N) is 1. The van der Waals surface area contributed by atoms with Crippen LogP contribution >= 0.6 is 0 Å². The van der Waals surface area contributed by atoms with Crippen LogP contribution in [0.4, 0.5) is 11.4 Å². The molecule has 0 saturated carbocycles. The first kappa shape index (κ1) is 14.0. The molecule has 0 unspecified atom stereocenters. The van der Waals surface area contributed by atoms with Gasteiger partial charge < -0.3 is 20.5 Å². The molecule has 0 radical (unpaired) electrons. The maximum Gasteiger partial charge on any atom is 0.162 e. The number of methoxy groups -OCH3 is 2. The summed E-state index contributed by atoms with van der Waals surface area (Å²) in [6, 6.07) is 9.48. The van der Waals surface area contributed by atoms with E-state index in [0.29, 0.717) is 23.7 Å². The molecule has 2 rings (SSSR count). The van der Waals surface area contributed by atoms with Crippen molar-refractivity contribution in [1.82, 2.24) is 4.98 Å². The van der Waals surface area contributed by atoms with Gasteiger partial charge in [-0.15, -0.1) is 0 Å². The molecule has 0 aliphatic rings. The van der Waals surface area contributed by atoms with Crippen LogP contribution in [-0.4, -0.2) is 19.2 Å². The van der Waals surface area contributed by atoms with Crippen LogP contribution in [0, 0.1) is 6.92 Å². The minimum Gasteiger partial charge on any atom is -0.493 e. The van der Waals surface area contributed by atoms with Crippen LogP contribution in [-0.2, 0) is 6.54 Å².